The van der Waals surface area contributed by atoms with Crippen LogP contribution in [0.3, 0.4) is 0 Å². The third-order valence-electron chi connectivity index (χ3n) is 7.04. The molecule has 6 aliphatic heterocycles. The molecule has 0 aliphatic carbocycles. The van der Waals surface area contributed by atoms with Gasteiger partial charge in [0.2, 0.25) is 0 Å². The van der Waals surface area contributed by atoms with Crippen LogP contribution in [0.4, 0.5) is 0 Å². The van der Waals surface area contributed by atoms with Gasteiger partial charge in [-0.2, -0.15) is 0 Å². The first-order valence-corrected chi connectivity index (χ1v) is 13.2. The maximum Gasteiger partial charge on any atom is 0.0658 e. The molecule has 6 aliphatic rings. The molecule has 190 valence electrons. The molecule has 3 unspecified atom stereocenters. The third-order valence-corrected chi connectivity index (χ3v) is 7.04. The van der Waals surface area contributed by atoms with Crippen molar-refractivity contribution >= 4 is 17.1 Å². The highest BCUT2D eigenvalue weighted by atomic mass is 15.0. The molecule has 0 fully saturated rings. The molecule has 4 N–H and O–H groups in total. The summed E-state index contributed by atoms with van der Waals surface area (Å²) in [4.78, 5) is 14.4. The lowest BCUT2D eigenvalue weighted by molar-refractivity contribution is 0.599. The highest BCUT2D eigenvalue weighted by Crippen LogP contribution is 2.25. The standard InChI is InChI=1S/C32H32N6/c1-20-3-4-22(33)15-24-6-8-26(35-24)17-28-11-12-30(37-28)19-32-21(2)14-31(38-32)18-29-10-9-27(36-29)16-25-7-5-23(13-20)34-25/h3-5,7,9-19,21,23,32,34,38H,6,8,33H2,1-2H3/b4-3-,20-13-,22-15+,25-16-,26-17+,29-18+,30-19-. The molecular weight excluding hydrogens is 468 g/mol. The Labute approximate surface area is 224 Å². The van der Waals surface area contributed by atoms with Crippen LogP contribution in [-0.2, 0) is 0 Å². The first kappa shape index (κ1) is 23.9. The van der Waals surface area contributed by atoms with Crippen LogP contribution < -0.4 is 16.4 Å². The van der Waals surface area contributed by atoms with Crippen LogP contribution in [-0.4, -0.2) is 29.2 Å². The monoisotopic (exact) mass is 500 g/mol. The van der Waals surface area contributed by atoms with Crippen LogP contribution >= 0.6 is 0 Å². The van der Waals surface area contributed by atoms with Crippen molar-refractivity contribution in [1.82, 2.24) is 10.6 Å². The molecule has 0 saturated carbocycles. The van der Waals surface area contributed by atoms with Crippen molar-refractivity contribution in [3.63, 3.8) is 0 Å². The van der Waals surface area contributed by atoms with E-state index in [0.29, 0.717) is 11.6 Å². The molecule has 6 rings (SSSR count). The number of allylic oxidation sites excluding steroid dienone is 13. The summed E-state index contributed by atoms with van der Waals surface area (Å²) in [5, 5.41) is 7.15. The number of nitrogens with zero attached hydrogens (tertiary/aromatic N) is 3. The van der Waals surface area contributed by atoms with Crippen molar-refractivity contribution in [1.29, 1.82) is 0 Å². The highest BCUT2D eigenvalue weighted by molar-refractivity contribution is 6.08. The van der Waals surface area contributed by atoms with Gasteiger partial charge in [-0.15, -0.1) is 0 Å². The van der Waals surface area contributed by atoms with E-state index >= 15 is 0 Å². The third kappa shape index (κ3) is 5.59. The quantitative estimate of drug-likeness (QED) is 0.430. The van der Waals surface area contributed by atoms with E-state index < -0.39 is 0 Å². The van der Waals surface area contributed by atoms with E-state index in [1.807, 2.05) is 18.2 Å². The summed E-state index contributed by atoms with van der Waals surface area (Å²) in [5.41, 5.74) is 16.1. The van der Waals surface area contributed by atoms with Crippen molar-refractivity contribution in [3.05, 3.63) is 131 Å². The molecule has 0 aromatic carbocycles. The van der Waals surface area contributed by atoms with E-state index in [0.717, 1.165) is 64.0 Å². The topological polar surface area (TPSA) is 87.2 Å². The summed E-state index contributed by atoms with van der Waals surface area (Å²) >= 11 is 0. The number of nitrogens with one attached hydrogen (secondary N) is 2. The molecule has 3 atom stereocenters. The maximum atomic E-state index is 6.29. The first-order valence-electron chi connectivity index (χ1n) is 13.2. The Kier molecular flexibility index (Phi) is 6.38. The second kappa shape index (κ2) is 10.1. The van der Waals surface area contributed by atoms with Crippen molar-refractivity contribution < 1.29 is 0 Å². The van der Waals surface area contributed by atoms with E-state index in [1.54, 1.807) is 0 Å². The SMILES string of the molecule is CC1=C/C2C=C/C(=C/C3=NC(=C/C4=CC(C)C(/C=C5/C=CC(=N5)/C=C5\CCC(=N5)\C=C(N)/C=C\1)N4)/C=C3)N2. The number of hydrogen-bond acceptors (Lipinski definition) is 6. The minimum Gasteiger partial charge on any atom is -0.399 e. The van der Waals surface area contributed by atoms with Gasteiger partial charge in [0.1, 0.15) is 0 Å². The Morgan fingerprint density at radius 2 is 1.55 bits per heavy atom. The van der Waals surface area contributed by atoms with E-state index in [-0.39, 0.29) is 12.1 Å². The van der Waals surface area contributed by atoms with Gasteiger partial charge in [-0.3, -0.25) is 4.99 Å². The van der Waals surface area contributed by atoms with E-state index in [2.05, 4.69) is 97.4 Å². The van der Waals surface area contributed by atoms with Gasteiger partial charge in [0.05, 0.1) is 34.9 Å². The minimum atomic E-state index is 0.131. The predicted octanol–water partition coefficient (Wildman–Crippen LogP) is 5.16. The van der Waals surface area contributed by atoms with Gasteiger partial charge < -0.3 is 16.4 Å². The molecule has 0 radical (unpaired) electrons. The maximum absolute atomic E-state index is 6.29. The van der Waals surface area contributed by atoms with Crippen LogP contribution in [0.15, 0.2) is 146 Å². The summed E-state index contributed by atoms with van der Waals surface area (Å²) in [6.07, 6.45) is 33.1. The Morgan fingerprint density at radius 3 is 2.45 bits per heavy atom. The molecule has 38 heavy (non-hydrogen) atoms. The number of aliphatic imine (C=N–C) groups is 3. The van der Waals surface area contributed by atoms with Crippen LogP contribution in [0, 0.1) is 5.92 Å². The Balaban J connectivity index is 1.30. The van der Waals surface area contributed by atoms with Gasteiger partial charge in [-0.1, -0.05) is 36.8 Å². The summed E-state index contributed by atoms with van der Waals surface area (Å²) in [6.45, 7) is 4.30. The second-order valence-electron chi connectivity index (χ2n) is 10.3. The Bertz CT molecular complexity index is 1490. The first-order chi connectivity index (χ1) is 18.4. The lowest BCUT2D eigenvalue weighted by atomic mass is 10.0. The average molecular weight is 501 g/mol. The van der Waals surface area contributed by atoms with Crippen LogP contribution in [0.2, 0.25) is 0 Å². The number of nitrogens with two attached hydrogens (primary N) is 1. The van der Waals surface area contributed by atoms with E-state index in [4.69, 9.17) is 20.7 Å². The fourth-order valence-electron chi connectivity index (χ4n) is 5.09. The molecule has 6 heterocycles. The van der Waals surface area contributed by atoms with Crippen molar-refractivity contribution in [3.8, 4) is 0 Å². The summed E-state index contributed by atoms with van der Waals surface area (Å²) in [7, 11) is 0. The van der Waals surface area contributed by atoms with Gasteiger partial charge in [0.25, 0.3) is 0 Å². The van der Waals surface area contributed by atoms with Gasteiger partial charge in [-0.25, -0.2) is 9.98 Å². The van der Waals surface area contributed by atoms with Crippen LogP contribution in [0.25, 0.3) is 0 Å². The zero-order chi connectivity index (χ0) is 26.1. The largest absolute Gasteiger partial charge is 0.399 e. The Morgan fingerprint density at radius 1 is 0.737 bits per heavy atom. The van der Waals surface area contributed by atoms with E-state index in [1.165, 1.54) is 0 Å². The summed E-state index contributed by atoms with van der Waals surface area (Å²) in [5.74, 6) is 0.351. The van der Waals surface area contributed by atoms with Gasteiger partial charge in [0.15, 0.2) is 0 Å². The zero-order valence-electron chi connectivity index (χ0n) is 21.7. The van der Waals surface area contributed by atoms with Crippen molar-refractivity contribution in [2.45, 2.75) is 38.8 Å². The second-order valence-corrected chi connectivity index (χ2v) is 10.3. The molecule has 0 spiro atoms. The number of hydrogen-bond donors (Lipinski definition) is 3. The van der Waals surface area contributed by atoms with E-state index in [9.17, 15) is 0 Å². The van der Waals surface area contributed by atoms with Crippen LogP contribution in [0.1, 0.15) is 26.7 Å². The normalized spacial score (nSPS) is 36.9. The fraction of sp³-hybridized carbons (Fsp3) is 0.219. The van der Waals surface area contributed by atoms with Gasteiger partial charge in [0, 0.05) is 34.4 Å². The summed E-state index contributed by atoms with van der Waals surface area (Å²) < 4.78 is 0. The van der Waals surface area contributed by atoms with Gasteiger partial charge in [-0.05, 0) is 86.6 Å². The lowest BCUT2D eigenvalue weighted by Gasteiger charge is -2.12. The fourth-order valence-corrected chi connectivity index (χ4v) is 5.09. The van der Waals surface area contributed by atoms with Crippen molar-refractivity contribution in [2.75, 3.05) is 0 Å². The van der Waals surface area contributed by atoms with Gasteiger partial charge >= 0.3 is 0 Å². The molecule has 0 amide bonds. The number of fused-ring (bicyclic) bond motifs is 7. The predicted molar refractivity (Wildman–Crippen MR) is 158 cm³/mol. The molecule has 6 nitrogen and oxygen atoms in total. The highest BCUT2D eigenvalue weighted by Gasteiger charge is 2.22. The minimum absolute atomic E-state index is 0.131. The summed E-state index contributed by atoms with van der Waals surface area (Å²) in [6, 6.07) is 0.312. The smallest absolute Gasteiger partial charge is 0.0658 e. The lowest BCUT2D eigenvalue weighted by Crippen LogP contribution is -2.24. The molecule has 0 aromatic rings. The number of rotatable bonds is 0. The molecule has 10 bridgehead atoms. The Hall–Kier alpha value is -4.45. The average Bonchev–Trinajstić information content (AvgIpc) is 3.70. The van der Waals surface area contributed by atoms with Crippen LogP contribution in [0.5, 0.6) is 0 Å². The molecule has 0 aromatic heterocycles. The molecule has 6 heteroatoms. The molecular formula is C32H32N6. The molecule has 0 saturated heterocycles. The zero-order valence-corrected chi connectivity index (χ0v) is 21.7. The van der Waals surface area contributed by atoms with Crippen molar-refractivity contribution in [2.24, 2.45) is 26.6 Å².